The van der Waals surface area contributed by atoms with E-state index in [0.29, 0.717) is 24.1 Å². The zero-order valence-corrected chi connectivity index (χ0v) is 17.4. The molecular formula is C20H25N3O7. The van der Waals surface area contributed by atoms with Gasteiger partial charge >= 0.3 is 18.0 Å². The van der Waals surface area contributed by atoms with Gasteiger partial charge in [-0.2, -0.15) is 0 Å². The zero-order chi connectivity index (χ0) is 22.2. The van der Waals surface area contributed by atoms with Crippen LogP contribution in [0.15, 0.2) is 0 Å². The summed E-state index contributed by atoms with van der Waals surface area (Å²) in [4.78, 5) is 65.4. The van der Waals surface area contributed by atoms with Gasteiger partial charge in [0.1, 0.15) is 12.1 Å². The molecule has 2 fully saturated rings. The standard InChI is InChI=1S/C20H25N3O7/c1-10-14(17(26)29-4)11(2)21-15(10)16(25)12(3)30-13(24)9-23-18(27)20(22-19(23)28)7-5-6-8-20/h12,21H,5-9H2,1-4H3,(H,22,28)/t12-/m1/s1. The van der Waals surface area contributed by atoms with Gasteiger partial charge in [0, 0.05) is 5.69 Å². The van der Waals surface area contributed by atoms with Crippen LogP contribution in [0.25, 0.3) is 0 Å². The van der Waals surface area contributed by atoms with E-state index in [9.17, 15) is 24.0 Å². The summed E-state index contributed by atoms with van der Waals surface area (Å²) in [7, 11) is 1.24. The highest BCUT2D eigenvalue weighted by Gasteiger charge is 2.52. The molecule has 1 aromatic heterocycles. The van der Waals surface area contributed by atoms with E-state index in [0.717, 1.165) is 17.7 Å². The number of urea groups is 1. The summed E-state index contributed by atoms with van der Waals surface area (Å²) in [6.07, 6.45) is 1.58. The fourth-order valence-electron chi connectivity index (χ4n) is 4.16. The summed E-state index contributed by atoms with van der Waals surface area (Å²) in [5.41, 5.74) is 0.322. The average Bonchev–Trinajstić information content (AvgIpc) is 3.34. The number of aryl methyl sites for hydroxylation is 1. The van der Waals surface area contributed by atoms with Crippen LogP contribution in [-0.4, -0.2) is 64.8 Å². The molecule has 1 aromatic rings. The Kier molecular flexibility index (Phi) is 5.69. The number of aromatic nitrogens is 1. The van der Waals surface area contributed by atoms with Crippen molar-refractivity contribution in [2.45, 2.75) is 58.1 Å². The first-order valence-electron chi connectivity index (χ1n) is 9.76. The molecule has 0 radical (unpaired) electrons. The lowest BCUT2D eigenvalue weighted by molar-refractivity contribution is -0.150. The lowest BCUT2D eigenvalue weighted by Gasteiger charge is -2.20. The molecule has 162 valence electrons. The molecule has 1 aliphatic heterocycles. The molecule has 0 bridgehead atoms. The monoisotopic (exact) mass is 419 g/mol. The highest BCUT2D eigenvalue weighted by Crippen LogP contribution is 2.35. The Labute approximate surface area is 173 Å². The van der Waals surface area contributed by atoms with Gasteiger partial charge in [-0.15, -0.1) is 0 Å². The Morgan fingerprint density at radius 2 is 1.80 bits per heavy atom. The Morgan fingerprint density at radius 3 is 2.40 bits per heavy atom. The highest BCUT2D eigenvalue weighted by atomic mass is 16.5. The topological polar surface area (TPSA) is 135 Å². The van der Waals surface area contributed by atoms with E-state index >= 15 is 0 Å². The number of ether oxygens (including phenoxy) is 2. The van der Waals surface area contributed by atoms with Crippen LogP contribution in [-0.2, 0) is 19.1 Å². The second kappa shape index (κ2) is 7.92. The van der Waals surface area contributed by atoms with E-state index < -0.39 is 47.8 Å². The molecule has 2 N–H and O–H groups in total. The number of carbonyl (C=O) groups excluding carboxylic acids is 5. The van der Waals surface area contributed by atoms with Gasteiger partial charge in [-0.05, 0) is 39.2 Å². The first kappa shape index (κ1) is 21.5. The number of rotatable bonds is 6. The van der Waals surface area contributed by atoms with Crippen molar-refractivity contribution in [3.8, 4) is 0 Å². The highest BCUT2D eigenvalue weighted by molar-refractivity contribution is 6.09. The first-order valence-corrected chi connectivity index (χ1v) is 9.76. The average molecular weight is 419 g/mol. The Balaban J connectivity index is 1.66. The van der Waals surface area contributed by atoms with Crippen molar-refractivity contribution in [2.24, 2.45) is 0 Å². The number of imide groups is 1. The third-order valence-corrected chi connectivity index (χ3v) is 5.74. The largest absolute Gasteiger partial charge is 0.465 e. The van der Waals surface area contributed by atoms with Crippen molar-refractivity contribution in [2.75, 3.05) is 13.7 Å². The lowest BCUT2D eigenvalue weighted by atomic mass is 9.98. The number of aromatic amines is 1. The van der Waals surface area contributed by atoms with Crippen LogP contribution in [0.5, 0.6) is 0 Å². The first-order chi connectivity index (χ1) is 14.1. The summed E-state index contributed by atoms with van der Waals surface area (Å²) in [6, 6.07) is -0.628. The molecule has 10 heteroatoms. The fourth-order valence-corrected chi connectivity index (χ4v) is 4.16. The van der Waals surface area contributed by atoms with Gasteiger partial charge in [0.05, 0.1) is 18.4 Å². The number of carbonyl (C=O) groups is 5. The van der Waals surface area contributed by atoms with Crippen LogP contribution >= 0.6 is 0 Å². The molecule has 1 spiro atoms. The minimum absolute atomic E-state index is 0.133. The Hall–Kier alpha value is -3.17. The summed E-state index contributed by atoms with van der Waals surface area (Å²) in [5, 5.41) is 2.68. The van der Waals surface area contributed by atoms with Gasteiger partial charge < -0.3 is 19.8 Å². The molecule has 1 atom stereocenters. The van der Waals surface area contributed by atoms with E-state index in [1.807, 2.05) is 0 Å². The molecule has 3 rings (SSSR count). The SMILES string of the molecule is COC(=O)c1c(C)[nH]c(C(=O)[C@@H](C)OC(=O)CN2C(=O)NC3(CCCC3)C2=O)c1C. The van der Waals surface area contributed by atoms with E-state index in [1.165, 1.54) is 14.0 Å². The number of hydrogen-bond acceptors (Lipinski definition) is 7. The minimum atomic E-state index is -1.18. The van der Waals surface area contributed by atoms with E-state index in [4.69, 9.17) is 9.47 Å². The molecule has 0 unspecified atom stereocenters. The number of hydrogen-bond donors (Lipinski definition) is 2. The number of methoxy groups -OCH3 is 1. The van der Waals surface area contributed by atoms with Crippen LogP contribution in [0.3, 0.4) is 0 Å². The van der Waals surface area contributed by atoms with Crippen molar-refractivity contribution in [3.63, 3.8) is 0 Å². The number of Topliss-reactive ketones (excluding diaryl/α,β-unsaturated/α-hetero) is 1. The maximum absolute atomic E-state index is 12.7. The van der Waals surface area contributed by atoms with Crippen LogP contribution in [0.1, 0.15) is 64.7 Å². The molecule has 1 aliphatic carbocycles. The van der Waals surface area contributed by atoms with Gasteiger partial charge in [0.25, 0.3) is 5.91 Å². The van der Waals surface area contributed by atoms with E-state index in [2.05, 4.69) is 10.3 Å². The Bertz CT molecular complexity index is 927. The molecule has 2 heterocycles. The van der Waals surface area contributed by atoms with Gasteiger partial charge in [-0.25, -0.2) is 9.59 Å². The maximum atomic E-state index is 12.7. The van der Waals surface area contributed by atoms with Gasteiger partial charge in [0.2, 0.25) is 5.78 Å². The Morgan fingerprint density at radius 1 is 1.17 bits per heavy atom. The number of ketones is 1. The predicted octanol–water partition coefficient (Wildman–Crippen LogP) is 1.40. The molecule has 2 aliphatic rings. The minimum Gasteiger partial charge on any atom is -0.465 e. The van der Waals surface area contributed by atoms with Crippen LogP contribution in [0.2, 0.25) is 0 Å². The molecule has 1 saturated carbocycles. The molecule has 0 aromatic carbocycles. The van der Waals surface area contributed by atoms with Crippen LogP contribution < -0.4 is 5.32 Å². The third-order valence-electron chi connectivity index (χ3n) is 5.74. The molecule has 3 amide bonds. The smallest absolute Gasteiger partial charge is 0.339 e. The predicted molar refractivity (Wildman–Crippen MR) is 103 cm³/mol. The van der Waals surface area contributed by atoms with Crippen molar-refractivity contribution in [1.82, 2.24) is 15.2 Å². The maximum Gasteiger partial charge on any atom is 0.339 e. The van der Waals surface area contributed by atoms with Gasteiger partial charge in [0.15, 0.2) is 6.10 Å². The number of amides is 3. The number of H-pyrrole nitrogens is 1. The van der Waals surface area contributed by atoms with Crippen LogP contribution in [0, 0.1) is 13.8 Å². The summed E-state index contributed by atoms with van der Waals surface area (Å²) >= 11 is 0. The summed E-state index contributed by atoms with van der Waals surface area (Å²) < 4.78 is 9.89. The summed E-state index contributed by atoms with van der Waals surface area (Å²) in [5.74, 6) is -2.42. The van der Waals surface area contributed by atoms with Crippen molar-refractivity contribution < 1.29 is 33.4 Å². The van der Waals surface area contributed by atoms with E-state index in [-0.39, 0.29) is 11.3 Å². The van der Waals surface area contributed by atoms with E-state index in [1.54, 1.807) is 13.8 Å². The number of nitrogens with zero attached hydrogens (tertiary/aromatic N) is 1. The molecule has 30 heavy (non-hydrogen) atoms. The summed E-state index contributed by atoms with van der Waals surface area (Å²) in [6.45, 7) is 4.03. The quantitative estimate of drug-likeness (QED) is 0.404. The van der Waals surface area contributed by atoms with Gasteiger partial charge in [-0.3, -0.25) is 19.3 Å². The molecule has 10 nitrogen and oxygen atoms in total. The third kappa shape index (κ3) is 3.57. The van der Waals surface area contributed by atoms with Crippen LogP contribution in [0.4, 0.5) is 4.79 Å². The second-order valence-corrected chi connectivity index (χ2v) is 7.72. The molecule has 1 saturated heterocycles. The zero-order valence-electron chi connectivity index (χ0n) is 17.4. The number of esters is 2. The molecular weight excluding hydrogens is 394 g/mol. The van der Waals surface area contributed by atoms with Gasteiger partial charge in [-0.1, -0.05) is 12.8 Å². The normalized spacial score (nSPS) is 18.5. The number of nitrogens with one attached hydrogen (secondary N) is 2. The second-order valence-electron chi connectivity index (χ2n) is 7.72. The van der Waals surface area contributed by atoms with Crippen molar-refractivity contribution in [1.29, 1.82) is 0 Å². The fraction of sp³-hybridized carbons (Fsp3) is 0.550. The lowest BCUT2D eigenvalue weighted by Crippen LogP contribution is -2.44. The van der Waals surface area contributed by atoms with Crippen molar-refractivity contribution >= 4 is 29.7 Å². The van der Waals surface area contributed by atoms with Crippen molar-refractivity contribution in [3.05, 3.63) is 22.5 Å².